The van der Waals surface area contributed by atoms with Crippen LogP contribution < -0.4 is 10.9 Å². The highest BCUT2D eigenvalue weighted by Gasteiger charge is 2.82. The van der Waals surface area contributed by atoms with Gasteiger partial charge in [0.1, 0.15) is 5.82 Å². The van der Waals surface area contributed by atoms with Crippen molar-refractivity contribution in [1.29, 1.82) is 0 Å². The highest BCUT2D eigenvalue weighted by atomic mass is 19.4. The zero-order valence-electron chi connectivity index (χ0n) is 15.4. The average Bonchev–Trinajstić information content (AvgIpc) is 2.64. The Morgan fingerprint density at radius 1 is 0.938 bits per heavy atom. The molecule has 2 aromatic rings. The molecule has 0 amide bonds. The number of carboxylic acids is 1. The van der Waals surface area contributed by atoms with Crippen molar-refractivity contribution >= 4 is 17.3 Å². The van der Waals surface area contributed by atoms with Crippen molar-refractivity contribution < 1.29 is 53.8 Å². The van der Waals surface area contributed by atoms with Crippen LogP contribution in [0.3, 0.4) is 0 Å². The van der Waals surface area contributed by atoms with E-state index >= 15 is 0 Å². The van der Waals surface area contributed by atoms with Crippen molar-refractivity contribution in [2.75, 3.05) is 5.32 Å². The number of nitrogens with one attached hydrogen (secondary N) is 1. The summed E-state index contributed by atoms with van der Waals surface area (Å²) in [4.78, 5) is 22.9. The Morgan fingerprint density at radius 3 is 1.97 bits per heavy atom. The predicted molar refractivity (Wildman–Crippen MR) is 88.2 cm³/mol. The molecule has 0 aliphatic heterocycles. The minimum Gasteiger partial charge on any atom is -0.478 e. The van der Waals surface area contributed by atoms with E-state index in [2.05, 4.69) is 0 Å². The molecule has 0 aliphatic carbocycles. The summed E-state index contributed by atoms with van der Waals surface area (Å²) in [5.41, 5.74) is -5.02. The molecule has 0 radical (unpaired) electrons. The molecule has 2 N–H and O–H groups in total. The number of aromatic nitrogens is 1. The van der Waals surface area contributed by atoms with Crippen molar-refractivity contribution in [1.82, 2.24) is 4.57 Å². The van der Waals surface area contributed by atoms with Gasteiger partial charge < -0.3 is 15.0 Å². The maximum absolute atomic E-state index is 14.2. The minimum atomic E-state index is -7.16. The van der Waals surface area contributed by atoms with Gasteiger partial charge in [0.15, 0.2) is 0 Å². The molecular weight excluding hydrogens is 470 g/mol. The number of hydrogen-bond acceptors (Lipinski definition) is 3. The van der Waals surface area contributed by atoms with Crippen LogP contribution >= 0.6 is 0 Å². The van der Waals surface area contributed by atoms with Crippen LogP contribution in [-0.4, -0.2) is 33.7 Å². The van der Waals surface area contributed by atoms with E-state index in [1.165, 1.54) is 7.05 Å². The summed E-state index contributed by atoms with van der Waals surface area (Å²) in [6.45, 7) is 0. The molecule has 176 valence electrons. The summed E-state index contributed by atoms with van der Waals surface area (Å²) in [5.74, 6) is -23.8. The monoisotopic (exact) mass is 480 g/mol. The van der Waals surface area contributed by atoms with Crippen LogP contribution in [-0.2, 0) is 13.0 Å². The van der Waals surface area contributed by atoms with E-state index in [0.29, 0.717) is 6.07 Å². The Hall–Kier alpha value is -3.26. The Balaban J connectivity index is 2.51. The number of aryl methyl sites for hydroxylation is 1. The topological polar surface area (TPSA) is 71.3 Å². The molecule has 5 nitrogen and oxygen atoms in total. The molecular formula is C17H10F10N2O3. The summed E-state index contributed by atoms with van der Waals surface area (Å²) in [7, 11) is 1.17. The molecule has 0 atom stereocenters. The standard InChI is InChI=1S/C17H10F10N2O3/c1-29-6-8(13(31)32)11(5-12(29)30)28-10-3-2-7(4-9(10)18)14(19,20)15(21,22)16(23,24)17(25,26)27/h2-6,28H,1H3,(H,31,32). The SMILES string of the molecule is Cn1cc(C(=O)O)c(Nc2ccc(C(F)(F)C(F)(F)C(F)(F)C(F)(F)F)cc2F)cc1=O. The van der Waals surface area contributed by atoms with Gasteiger partial charge in [-0.2, -0.15) is 39.5 Å². The van der Waals surface area contributed by atoms with Gasteiger partial charge in [0.25, 0.3) is 5.56 Å². The Kier molecular flexibility index (Phi) is 6.02. The van der Waals surface area contributed by atoms with Crippen molar-refractivity contribution in [2.45, 2.75) is 23.9 Å². The summed E-state index contributed by atoms with van der Waals surface area (Å²) in [6, 6.07) is 0.449. The van der Waals surface area contributed by atoms with Crippen LogP contribution in [0.1, 0.15) is 15.9 Å². The number of nitrogens with zero attached hydrogens (tertiary/aromatic N) is 1. The van der Waals surface area contributed by atoms with Gasteiger partial charge >= 0.3 is 29.9 Å². The van der Waals surface area contributed by atoms with Crippen LogP contribution in [0.4, 0.5) is 55.3 Å². The third-order valence-electron chi connectivity index (χ3n) is 4.20. The smallest absolute Gasteiger partial charge is 0.460 e. The number of pyridine rings is 1. The second-order valence-electron chi connectivity index (χ2n) is 6.40. The Labute approximate surface area is 170 Å². The van der Waals surface area contributed by atoms with Gasteiger partial charge in [0.05, 0.1) is 16.9 Å². The molecule has 0 unspecified atom stereocenters. The lowest BCUT2D eigenvalue weighted by molar-refractivity contribution is -0.399. The molecule has 1 heterocycles. The fourth-order valence-electron chi connectivity index (χ4n) is 2.42. The maximum Gasteiger partial charge on any atom is 0.460 e. The van der Waals surface area contributed by atoms with Gasteiger partial charge in [-0.15, -0.1) is 0 Å². The molecule has 0 spiro atoms. The maximum atomic E-state index is 14.2. The number of benzene rings is 1. The second-order valence-corrected chi connectivity index (χ2v) is 6.40. The van der Waals surface area contributed by atoms with Crippen LogP contribution in [0.25, 0.3) is 0 Å². The van der Waals surface area contributed by atoms with E-state index in [9.17, 15) is 53.5 Å². The molecule has 2 rings (SSSR count). The Bertz CT molecular complexity index is 1110. The molecule has 1 aromatic carbocycles. The second kappa shape index (κ2) is 7.70. The van der Waals surface area contributed by atoms with E-state index in [1.54, 1.807) is 0 Å². The minimum absolute atomic E-state index is 0.0622. The summed E-state index contributed by atoms with van der Waals surface area (Å²) >= 11 is 0. The number of rotatable bonds is 6. The van der Waals surface area contributed by atoms with Crippen molar-refractivity contribution in [3.8, 4) is 0 Å². The van der Waals surface area contributed by atoms with Gasteiger partial charge in [0, 0.05) is 24.9 Å². The third kappa shape index (κ3) is 3.98. The van der Waals surface area contributed by atoms with Crippen LogP contribution in [0.15, 0.2) is 35.3 Å². The van der Waals surface area contributed by atoms with Crippen molar-refractivity contribution in [2.24, 2.45) is 7.05 Å². The zero-order valence-corrected chi connectivity index (χ0v) is 15.4. The lowest BCUT2D eigenvalue weighted by Gasteiger charge is -2.33. The first kappa shape index (κ1) is 25.0. The highest BCUT2D eigenvalue weighted by Crippen LogP contribution is 2.56. The number of halogens is 10. The first-order valence-electron chi connectivity index (χ1n) is 8.05. The normalized spacial score (nSPS) is 13.2. The molecule has 0 aliphatic rings. The van der Waals surface area contributed by atoms with Crippen LogP contribution in [0, 0.1) is 5.82 Å². The van der Waals surface area contributed by atoms with Gasteiger partial charge in [-0.25, -0.2) is 9.18 Å². The quantitative estimate of drug-likeness (QED) is 0.578. The molecule has 15 heteroatoms. The first-order valence-corrected chi connectivity index (χ1v) is 8.05. The summed E-state index contributed by atoms with van der Waals surface area (Å²) in [6.07, 6.45) is -6.22. The van der Waals surface area contributed by atoms with Gasteiger partial charge in [-0.1, -0.05) is 6.07 Å². The number of hydrogen-bond donors (Lipinski definition) is 2. The molecule has 0 fully saturated rings. The zero-order chi connectivity index (χ0) is 24.9. The van der Waals surface area contributed by atoms with Gasteiger partial charge in [-0.05, 0) is 12.1 Å². The van der Waals surface area contributed by atoms with E-state index in [4.69, 9.17) is 5.11 Å². The van der Waals surface area contributed by atoms with Crippen molar-refractivity contribution in [3.63, 3.8) is 0 Å². The molecule has 0 saturated heterocycles. The number of alkyl halides is 9. The van der Waals surface area contributed by atoms with Crippen LogP contribution in [0.5, 0.6) is 0 Å². The first-order chi connectivity index (χ1) is 14.3. The number of aromatic carboxylic acids is 1. The molecule has 0 saturated carbocycles. The molecule has 32 heavy (non-hydrogen) atoms. The predicted octanol–water partition coefficient (Wildman–Crippen LogP) is 4.89. The largest absolute Gasteiger partial charge is 0.478 e. The molecule has 1 aromatic heterocycles. The van der Waals surface area contributed by atoms with Gasteiger partial charge in [-0.3, -0.25) is 4.79 Å². The highest BCUT2D eigenvalue weighted by molar-refractivity contribution is 5.94. The number of carbonyl (C=O) groups is 1. The average molecular weight is 480 g/mol. The van der Waals surface area contributed by atoms with Crippen molar-refractivity contribution in [3.05, 3.63) is 57.8 Å². The lowest BCUT2D eigenvalue weighted by atomic mass is 9.96. The third-order valence-corrected chi connectivity index (χ3v) is 4.20. The fourth-order valence-corrected chi connectivity index (χ4v) is 2.42. The summed E-state index contributed by atoms with van der Waals surface area (Å²) < 4.78 is 133. The summed E-state index contributed by atoms with van der Waals surface area (Å²) in [5, 5.41) is 11.1. The van der Waals surface area contributed by atoms with Gasteiger partial charge in [0.2, 0.25) is 0 Å². The van der Waals surface area contributed by atoms with E-state index in [-0.39, 0.29) is 12.1 Å². The van der Waals surface area contributed by atoms with E-state index in [1.807, 2.05) is 5.32 Å². The fraction of sp³-hybridized carbons (Fsp3) is 0.294. The van der Waals surface area contributed by atoms with E-state index < -0.39 is 69.9 Å². The molecule has 0 bridgehead atoms. The number of carboxylic acid groups (broad SMARTS) is 1. The number of anilines is 2. The van der Waals surface area contributed by atoms with Crippen LogP contribution in [0.2, 0.25) is 0 Å². The van der Waals surface area contributed by atoms with E-state index in [0.717, 1.165) is 10.8 Å². The Morgan fingerprint density at radius 2 is 1.50 bits per heavy atom. The lowest BCUT2D eigenvalue weighted by Crippen LogP contribution is -2.59.